The van der Waals surface area contributed by atoms with Crippen molar-refractivity contribution in [2.45, 2.75) is 0 Å². The first-order valence-corrected chi connectivity index (χ1v) is 2.49. The Kier molecular flexibility index (Phi) is 1.55. The molecule has 0 saturated carbocycles. The van der Waals surface area contributed by atoms with E-state index in [0.29, 0.717) is 0 Å². The summed E-state index contributed by atoms with van der Waals surface area (Å²) in [4.78, 5) is 13.9. The Morgan fingerprint density at radius 3 is 3.00 bits per heavy atom. The second kappa shape index (κ2) is 2.36. The summed E-state index contributed by atoms with van der Waals surface area (Å²) in [6.45, 7) is 0. The number of nitrogens with zero attached hydrogens (tertiary/aromatic N) is 2. The molecule has 1 aromatic rings. The number of aromatic nitrogens is 2. The topological polar surface area (TPSA) is 93.2 Å². The van der Waals surface area contributed by atoms with Gasteiger partial charge in [-0.15, -0.1) is 0 Å². The van der Waals surface area contributed by atoms with Crippen LogP contribution in [0, 0.1) is 0 Å². The van der Waals surface area contributed by atoms with E-state index in [-0.39, 0.29) is 5.82 Å². The predicted molar refractivity (Wildman–Crippen MR) is 34.1 cm³/mol. The summed E-state index contributed by atoms with van der Waals surface area (Å²) in [6, 6.07) is 1.36. The molecule has 1 rings (SSSR count). The van der Waals surface area contributed by atoms with Crippen molar-refractivity contribution in [3.8, 4) is 0 Å². The maximum absolute atomic E-state index is 10.6. The van der Waals surface area contributed by atoms with Crippen LogP contribution < -0.4 is 17.0 Å². The van der Waals surface area contributed by atoms with Gasteiger partial charge in [0.2, 0.25) is 0 Å². The zero-order valence-corrected chi connectivity index (χ0v) is 4.98. The van der Waals surface area contributed by atoms with Crippen LogP contribution in [-0.2, 0) is 0 Å². The average molecular weight is 142 g/mol. The lowest BCUT2D eigenvalue weighted by molar-refractivity contribution is 0.385. The Bertz CT molecular complexity index is 281. The van der Waals surface area contributed by atoms with E-state index in [2.05, 4.69) is 4.98 Å². The first kappa shape index (κ1) is 6.56. The Morgan fingerprint density at radius 2 is 2.50 bits per heavy atom. The molecule has 10 heavy (non-hydrogen) atoms. The fourth-order valence-corrected chi connectivity index (χ4v) is 0.475. The van der Waals surface area contributed by atoms with Crippen LogP contribution in [0.2, 0.25) is 0 Å². The fourth-order valence-electron chi connectivity index (χ4n) is 0.475. The summed E-state index contributed by atoms with van der Waals surface area (Å²) in [7, 11) is 0. The molecular weight excluding hydrogens is 136 g/mol. The molecule has 0 aromatic carbocycles. The summed E-state index contributed by atoms with van der Waals surface area (Å²) >= 11 is 0. The van der Waals surface area contributed by atoms with Crippen molar-refractivity contribution >= 4 is 5.82 Å². The average Bonchev–Trinajstić information content (AvgIpc) is 1.95. The van der Waals surface area contributed by atoms with Crippen LogP contribution in [0.1, 0.15) is 0 Å². The molecule has 0 aliphatic heterocycles. The van der Waals surface area contributed by atoms with Crippen molar-refractivity contribution < 1.29 is 5.21 Å². The van der Waals surface area contributed by atoms with Gasteiger partial charge in [0.05, 0.1) is 0 Å². The van der Waals surface area contributed by atoms with Gasteiger partial charge in [-0.1, -0.05) is 0 Å². The van der Waals surface area contributed by atoms with E-state index >= 15 is 0 Å². The minimum atomic E-state index is -0.626. The maximum Gasteiger partial charge on any atom is 0.367 e. The van der Waals surface area contributed by atoms with Crippen LogP contribution >= 0.6 is 0 Å². The van der Waals surface area contributed by atoms with Gasteiger partial charge in [0.25, 0.3) is 0 Å². The summed E-state index contributed by atoms with van der Waals surface area (Å²) in [5.74, 6) is 5.15. The van der Waals surface area contributed by atoms with E-state index in [1.54, 1.807) is 5.48 Å². The Hall–Kier alpha value is -1.56. The van der Waals surface area contributed by atoms with Crippen LogP contribution in [0.25, 0.3) is 0 Å². The van der Waals surface area contributed by atoms with Crippen LogP contribution in [0.15, 0.2) is 17.1 Å². The number of nitrogens with two attached hydrogens (primary N) is 1. The summed E-state index contributed by atoms with van der Waals surface area (Å²) in [6.07, 6.45) is 1.29. The van der Waals surface area contributed by atoms with Gasteiger partial charge >= 0.3 is 5.69 Å². The van der Waals surface area contributed by atoms with Gasteiger partial charge in [0.15, 0.2) is 5.82 Å². The van der Waals surface area contributed by atoms with Crippen LogP contribution in [0.3, 0.4) is 0 Å². The highest BCUT2D eigenvalue weighted by Gasteiger charge is 1.92. The lowest BCUT2D eigenvalue weighted by Gasteiger charge is -1.96. The van der Waals surface area contributed by atoms with Crippen LogP contribution in [-0.4, -0.2) is 14.9 Å². The first-order chi connectivity index (χ1) is 4.74. The zero-order valence-electron chi connectivity index (χ0n) is 4.98. The number of nitrogen functional groups attached to an aromatic ring is 1. The normalized spacial score (nSPS) is 9.30. The minimum Gasteiger partial charge on any atom is -0.335 e. The smallest absolute Gasteiger partial charge is 0.335 e. The van der Waals surface area contributed by atoms with Gasteiger partial charge in [0.1, 0.15) is 0 Å². The summed E-state index contributed by atoms with van der Waals surface area (Å²) in [5.41, 5.74) is 1.09. The van der Waals surface area contributed by atoms with Gasteiger partial charge in [-0.3, -0.25) is 10.7 Å². The van der Waals surface area contributed by atoms with E-state index in [1.807, 2.05) is 0 Å². The molecule has 0 amide bonds. The number of nitrogens with one attached hydrogen (secondary N) is 1. The van der Waals surface area contributed by atoms with Crippen molar-refractivity contribution in [2.75, 3.05) is 11.3 Å². The Balaban J connectivity index is 3.17. The molecule has 6 heteroatoms. The number of hydrogen-bond acceptors (Lipinski definition) is 5. The number of anilines is 1. The molecule has 0 spiro atoms. The molecular formula is C4H6N4O2. The van der Waals surface area contributed by atoms with Crippen molar-refractivity contribution in [3.05, 3.63) is 22.7 Å². The van der Waals surface area contributed by atoms with Gasteiger partial charge in [0, 0.05) is 12.3 Å². The number of hydrogen-bond donors (Lipinski definition) is 3. The standard InChI is InChI=1S/C4H6N4O2/c5-8-2-1-3(7-10)6-4(8)9/h1-2,10H,5H2,(H,6,7,9). The summed E-state index contributed by atoms with van der Waals surface area (Å²) < 4.78 is 0.806. The first-order valence-electron chi connectivity index (χ1n) is 2.49. The Morgan fingerprint density at radius 1 is 1.80 bits per heavy atom. The molecule has 0 aliphatic carbocycles. The SMILES string of the molecule is Nn1ccc(NO)nc1=O. The van der Waals surface area contributed by atoms with E-state index in [4.69, 9.17) is 11.0 Å². The van der Waals surface area contributed by atoms with Crippen LogP contribution in [0.4, 0.5) is 5.82 Å². The number of rotatable bonds is 1. The van der Waals surface area contributed by atoms with E-state index in [0.717, 1.165) is 4.68 Å². The molecule has 1 heterocycles. The molecule has 4 N–H and O–H groups in total. The third-order valence-electron chi connectivity index (χ3n) is 0.945. The van der Waals surface area contributed by atoms with E-state index in [1.165, 1.54) is 12.3 Å². The third kappa shape index (κ3) is 1.06. The predicted octanol–water partition coefficient (Wildman–Crippen LogP) is -1.24. The molecule has 54 valence electrons. The monoisotopic (exact) mass is 142 g/mol. The maximum atomic E-state index is 10.6. The molecule has 0 bridgehead atoms. The third-order valence-corrected chi connectivity index (χ3v) is 0.945. The van der Waals surface area contributed by atoms with Gasteiger partial charge in [-0.05, 0) is 0 Å². The van der Waals surface area contributed by atoms with Crippen molar-refractivity contribution in [3.63, 3.8) is 0 Å². The zero-order chi connectivity index (χ0) is 7.56. The minimum absolute atomic E-state index is 0.0756. The molecule has 6 nitrogen and oxygen atoms in total. The van der Waals surface area contributed by atoms with Crippen molar-refractivity contribution in [1.82, 2.24) is 9.66 Å². The highest BCUT2D eigenvalue weighted by molar-refractivity contribution is 5.27. The molecule has 0 aliphatic rings. The lowest BCUT2D eigenvalue weighted by atomic mass is 10.6. The highest BCUT2D eigenvalue weighted by Crippen LogP contribution is 1.91. The molecule has 0 saturated heterocycles. The van der Waals surface area contributed by atoms with E-state index < -0.39 is 5.69 Å². The second-order valence-corrected chi connectivity index (χ2v) is 1.61. The largest absolute Gasteiger partial charge is 0.367 e. The van der Waals surface area contributed by atoms with Gasteiger partial charge in [-0.2, -0.15) is 4.98 Å². The molecule has 0 unspecified atom stereocenters. The quantitative estimate of drug-likeness (QED) is 0.337. The summed E-state index contributed by atoms with van der Waals surface area (Å²) in [5, 5.41) is 8.25. The van der Waals surface area contributed by atoms with Crippen molar-refractivity contribution in [1.29, 1.82) is 0 Å². The molecule has 0 atom stereocenters. The lowest BCUT2D eigenvalue weighted by Crippen LogP contribution is -2.28. The Labute approximate surface area is 55.9 Å². The highest BCUT2D eigenvalue weighted by atomic mass is 16.5. The van der Waals surface area contributed by atoms with Crippen LogP contribution in [0.5, 0.6) is 0 Å². The second-order valence-electron chi connectivity index (χ2n) is 1.61. The fraction of sp³-hybridized carbons (Fsp3) is 0. The van der Waals surface area contributed by atoms with E-state index in [9.17, 15) is 4.79 Å². The van der Waals surface area contributed by atoms with Gasteiger partial charge in [-0.25, -0.2) is 9.47 Å². The van der Waals surface area contributed by atoms with Gasteiger partial charge < -0.3 is 5.84 Å². The molecule has 0 fully saturated rings. The molecule has 0 radical (unpaired) electrons. The molecule has 1 aromatic heterocycles. The van der Waals surface area contributed by atoms with Crippen molar-refractivity contribution in [2.24, 2.45) is 0 Å².